The van der Waals surface area contributed by atoms with Crippen LogP contribution >= 0.6 is 0 Å². The van der Waals surface area contributed by atoms with Gasteiger partial charge in [-0.2, -0.15) is 4.98 Å². The lowest BCUT2D eigenvalue weighted by molar-refractivity contribution is 0.0346. The SMILES string of the molecule is CCCC(C)(C)Nc1nc(N[C@H]2CC[C@H](OCC)CC2)ncc1C(N)=O. The predicted octanol–water partition coefficient (Wildman–Crippen LogP) is 3.33. The van der Waals surface area contributed by atoms with E-state index in [-0.39, 0.29) is 5.54 Å². The monoisotopic (exact) mass is 363 g/mol. The van der Waals surface area contributed by atoms with Gasteiger partial charge in [-0.1, -0.05) is 13.3 Å². The van der Waals surface area contributed by atoms with Crippen LogP contribution in [0.5, 0.6) is 0 Å². The molecule has 0 bridgehead atoms. The lowest BCUT2D eigenvalue weighted by atomic mass is 9.93. The average molecular weight is 364 g/mol. The van der Waals surface area contributed by atoms with Crippen molar-refractivity contribution >= 4 is 17.7 Å². The summed E-state index contributed by atoms with van der Waals surface area (Å²) < 4.78 is 5.70. The molecule has 1 saturated carbocycles. The Labute approximate surface area is 156 Å². The molecule has 1 aromatic rings. The van der Waals surface area contributed by atoms with Crippen LogP contribution in [0.2, 0.25) is 0 Å². The van der Waals surface area contributed by atoms with Crippen molar-refractivity contribution in [1.29, 1.82) is 0 Å². The van der Waals surface area contributed by atoms with Gasteiger partial charge in [0.1, 0.15) is 5.82 Å². The van der Waals surface area contributed by atoms with Crippen LogP contribution in [0.25, 0.3) is 0 Å². The van der Waals surface area contributed by atoms with Crippen molar-refractivity contribution in [2.45, 2.75) is 83.9 Å². The second-order valence-corrected chi connectivity index (χ2v) is 7.65. The number of carbonyl (C=O) groups is 1. The third-order valence-electron chi connectivity index (χ3n) is 4.80. The molecule has 1 aliphatic carbocycles. The van der Waals surface area contributed by atoms with Crippen LogP contribution in [0.3, 0.4) is 0 Å². The van der Waals surface area contributed by atoms with E-state index < -0.39 is 5.91 Å². The molecule has 1 aliphatic rings. The molecule has 26 heavy (non-hydrogen) atoms. The van der Waals surface area contributed by atoms with Gasteiger partial charge in [-0.25, -0.2) is 4.98 Å². The van der Waals surface area contributed by atoms with E-state index in [1.807, 2.05) is 6.92 Å². The first-order chi connectivity index (χ1) is 12.3. The summed E-state index contributed by atoms with van der Waals surface area (Å²) in [5.41, 5.74) is 5.63. The number of aromatic nitrogens is 2. The topological polar surface area (TPSA) is 102 Å². The van der Waals surface area contributed by atoms with Crippen molar-refractivity contribution in [3.8, 4) is 0 Å². The number of hydrogen-bond acceptors (Lipinski definition) is 6. The number of carbonyl (C=O) groups excluding carboxylic acids is 1. The quantitative estimate of drug-likeness (QED) is 0.622. The van der Waals surface area contributed by atoms with Crippen molar-refractivity contribution in [1.82, 2.24) is 9.97 Å². The highest BCUT2D eigenvalue weighted by Gasteiger charge is 2.24. The summed E-state index contributed by atoms with van der Waals surface area (Å²) in [4.78, 5) is 20.6. The number of hydrogen-bond donors (Lipinski definition) is 3. The molecule has 4 N–H and O–H groups in total. The first-order valence-corrected chi connectivity index (χ1v) is 9.67. The van der Waals surface area contributed by atoms with E-state index >= 15 is 0 Å². The fourth-order valence-electron chi connectivity index (χ4n) is 3.53. The molecule has 1 fully saturated rings. The zero-order valence-corrected chi connectivity index (χ0v) is 16.5. The van der Waals surface area contributed by atoms with Gasteiger partial charge in [-0.05, 0) is 52.9 Å². The van der Waals surface area contributed by atoms with E-state index in [0.717, 1.165) is 45.1 Å². The van der Waals surface area contributed by atoms with Crippen molar-refractivity contribution in [2.24, 2.45) is 5.73 Å². The van der Waals surface area contributed by atoms with Crippen molar-refractivity contribution in [3.05, 3.63) is 11.8 Å². The molecule has 0 aliphatic heterocycles. The minimum Gasteiger partial charge on any atom is -0.379 e. The fraction of sp³-hybridized carbons (Fsp3) is 0.737. The van der Waals surface area contributed by atoms with Crippen molar-refractivity contribution < 1.29 is 9.53 Å². The highest BCUT2D eigenvalue weighted by molar-refractivity contribution is 5.97. The molecule has 0 unspecified atom stereocenters. The average Bonchev–Trinajstić information content (AvgIpc) is 2.56. The van der Waals surface area contributed by atoms with Gasteiger partial charge in [0, 0.05) is 24.4 Å². The van der Waals surface area contributed by atoms with E-state index in [0.29, 0.717) is 29.5 Å². The summed E-state index contributed by atoms with van der Waals surface area (Å²) in [7, 11) is 0. The first kappa shape index (κ1) is 20.4. The number of anilines is 2. The van der Waals surface area contributed by atoms with Crippen LogP contribution in [0.1, 0.15) is 76.6 Å². The normalized spacial score (nSPS) is 20.6. The first-order valence-electron chi connectivity index (χ1n) is 9.67. The zero-order valence-electron chi connectivity index (χ0n) is 16.5. The van der Waals surface area contributed by atoms with E-state index in [1.165, 1.54) is 6.20 Å². The molecule has 146 valence electrons. The van der Waals surface area contributed by atoms with Gasteiger partial charge in [0.15, 0.2) is 0 Å². The number of rotatable bonds is 9. The molecule has 0 radical (unpaired) electrons. The molecule has 1 aromatic heterocycles. The maximum atomic E-state index is 11.7. The molecule has 7 nitrogen and oxygen atoms in total. The summed E-state index contributed by atoms with van der Waals surface area (Å²) >= 11 is 0. The van der Waals surface area contributed by atoms with Gasteiger partial charge in [0.05, 0.1) is 11.7 Å². The Kier molecular flexibility index (Phi) is 7.20. The maximum absolute atomic E-state index is 11.7. The Balaban J connectivity index is 2.08. The molecule has 2 rings (SSSR count). The molecule has 0 atom stereocenters. The molecular formula is C19H33N5O2. The van der Waals surface area contributed by atoms with Gasteiger partial charge < -0.3 is 21.1 Å². The number of nitrogens with zero attached hydrogens (tertiary/aromatic N) is 2. The molecular weight excluding hydrogens is 330 g/mol. The minimum absolute atomic E-state index is 0.180. The zero-order chi connectivity index (χ0) is 19.2. The number of ether oxygens (including phenoxy) is 1. The minimum atomic E-state index is -0.524. The van der Waals surface area contributed by atoms with Crippen LogP contribution in [0.4, 0.5) is 11.8 Å². The highest BCUT2D eigenvalue weighted by Crippen LogP contribution is 2.25. The molecule has 1 heterocycles. The predicted molar refractivity (Wildman–Crippen MR) is 104 cm³/mol. The maximum Gasteiger partial charge on any atom is 0.254 e. The molecule has 0 saturated heterocycles. The second-order valence-electron chi connectivity index (χ2n) is 7.65. The summed E-state index contributed by atoms with van der Waals surface area (Å²) in [6.07, 6.45) is 7.99. The Morgan fingerprint density at radius 1 is 1.31 bits per heavy atom. The van der Waals surface area contributed by atoms with Crippen LogP contribution in [-0.2, 0) is 4.74 Å². The van der Waals surface area contributed by atoms with Crippen molar-refractivity contribution in [3.63, 3.8) is 0 Å². The van der Waals surface area contributed by atoms with Gasteiger partial charge in [-0.3, -0.25) is 4.79 Å². The molecule has 7 heteroatoms. The molecule has 0 aromatic carbocycles. The Hall–Kier alpha value is -1.89. The largest absolute Gasteiger partial charge is 0.379 e. The fourth-order valence-corrected chi connectivity index (χ4v) is 3.53. The number of nitrogens with two attached hydrogens (primary N) is 1. The second kappa shape index (κ2) is 9.16. The number of nitrogens with one attached hydrogen (secondary N) is 2. The lowest BCUT2D eigenvalue weighted by Crippen LogP contribution is -2.33. The third kappa shape index (κ3) is 5.83. The van der Waals surface area contributed by atoms with Gasteiger partial charge in [0.25, 0.3) is 5.91 Å². The summed E-state index contributed by atoms with van der Waals surface area (Å²) in [6, 6.07) is 0.322. The van der Waals surface area contributed by atoms with E-state index in [1.54, 1.807) is 0 Å². The Morgan fingerprint density at radius 3 is 2.58 bits per heavy atom. The Bertz CT molecular complexity index is 598. The highest BCUT2D eigenvalue weighted by atomic mass is 16.5. The van der Waals surface area contributed by atoms with E-state index in [2.05, 4.69) is 41.4 Å². The summed E-state index contributed by atoms with van der Waals surface area (Å²) in [6.45, 7) is 9.11. The lowest BCUT2D eigenvalue weighted by Gasteiger charge is -2.30. The smallest absolute Gasteiger partial charge is 0.254 e. The number of primary amides is 1. The van der Waals surface area contributed by atoms with Gasteiger partial charge >= 0.3 is 0 Å². The summed E-state index contributed by atoms with van der Waals surface area (Å²) in [5.74, 6) is 0.504. The van der Waals surface area contributed by atoms with Gasteiger partial charge in [0.2, 0.25) is 5.95 Å². The molecule has 1 amide bonds. The summed E-state index contributed by atoms with van der Waals surface area (Å²) in [5, 5.41) is 6.76. The van der Waals surface area contributed by atoms with Crippen LogP contribution < -0.4 is 16.4 Å². The number of amides is 1. The van der Waals surface area contributed by atoms with E-state index in [9.17, 15) is 4.79 Å². The van der Waals surface area contributed by atoms with Crippen molar-refractivity contribution in [2.75, 3.05) is 17.2 Å². The standard InChI is InChI=1S/C19H33N5O2/c1-5-11-19(3,4)24-17-15(16(20)25)12-21-18(23-17)22-13-7-9-14(10-8-13)26-6-2/h12-14H,5-11H2,1-4H3,(H2,20,25)(H2,21,22,23,24)/t13-,14-. The third-order valence-corrected chi connectivity index (χ3v) is 4.80. The van der Waals surface area contributed by atoms with E-state index in [4.69, 9.17) is 10.5 Å². The van der Waals surface area contributed by atoms with Crippen LogP contribution in [0, 0.1) is 0 Å². The molecule has 0 spiro atoms. The van der Waals surface area contributed by atoms with Crippen LogP contribution in [-0.4, -0.2) is 40.2 Å². The van der Waals surface area contributed by atoms with Crippen LogP contribution in [0.15, 0.2) is 6.20 Å². The Morgan fingerprint density at radius 2 is 2.00 bits per heavy atom. The van der Waals surface area contributed by atoms with Gasteiger partial charge in [-0.15, -0.1) is 0 Å².